The maximum absolute atomic E-state index is 6.97. The summed E-state index contributed by atoms with van der Waals surface area (Å²) in [6.45, 7) is 2.54. The minimum absolute atomic E-state index is 0.328. The minimum atomic E-state index is -1.13. The molecule has 0 fully saturated rings. The molecule has 68 valence electrons. The molecule has 0 spiro atoms. The van der Waals surface area contributed by atoms with Crippen LogP contribution in [0.3, 0.4) is 0 Å². The molecule has 0 saturated carbocycles. The van der Waals surface area contributed by atoms with Gasteiger partial charge in [0, 0.05) is 0 Å². The molecular weight excluding hydrogens is 134 g/mol. The summed E-state index contributed by atoms with van der Waals surface area (Å²) in [5, 5.41) is 0. The lowest BCUT2D eigenvalue weighted by Crippen LogP contribution is -2.50. The second-order valence-corrected chi connectivity index (χ2v) is 3.20. The Kier molecular flexibility index (Phi) is 5.86. The van der Waals surface area contributed by atoms with Gasteiger partial charge in [-0.3, -0.25) is 0 Å². The second-order valence-electron chi connectivity index (χ2n) is 3.20. The summed E-state index contributed by atoms with van der Waals surface area (Å²) in [6.07, 6.45) is 9.66. The molecule has 0 atom stereocenters. The Morgan fingerprint density at radius 2 is 1.45 bits per heavy atom. The Morgan fingerprint density at radius 1 is 0.909 bits per heavy atom. The van der Waals surface area contributed by atoms with Gasteiger partial charge in [0.15, 0.2) is 0 Å². The molecule has 0 amide bonds. The van der Waals surface area contributed by atoms with Crippen LogP contribution in [0.15, 0.2) is 0 Å². The van der Waals surface area contributed by atoms with E-state index in [1.807, 2.05) is 0 Å². The van der Waals surface area contributed by atoms with Gasteiger partial charge in [0.25, 0.3) is 0 Å². The van der Waals surface area contributed by atoms with Gasteiger partial charge in [-0.1, -0.05) is 45.4 Å². The van der Waals surface area contributed by atoms with Gasteiger partial charge >= 0.3 is 4.24 Å². The molecule has 0 saturated heterocycles. The van der Waals surface area contributed by atoms with E-state index in [-0.39, 0.29) is 0 Å². The van der Waals surface area contributed by atoms with E-state index in [1.54, 1.807) is 0 Å². The third-order valence-electron chi connectivity index (χ3n) is 2.01. The van der Waals surface area contributed by atoms with Crippen LogP contribution >= 0.6 is 0 Å². The van der Waals surface area contributed by atoms with Crippen molar-refractivity contribution in [2.75, 3.05) is 6.54 Å². The van der Waals surface area contributed by atoms with Crippen molar-refractivity contribution in [2.45, 2.75) is 58.3 Å². The van der Waals surface area contributed by atoms with Gasteiger partial charge in [0.1, 0.15) is 0 Å². The first-order valence-electron chi connectivity index (χ1n) is 6.36. The van der Waals surface area contributed by atoms with E-state index in [0.29, 0.717) is 6.54 Å². The number of rotatable bonds is 9. The van der Waals surface area contributed by atoms with Gasteiger partial charge in [-0.05, 0) is 12.8 Å². The van der Waals surface area contributed by atoms with E-state index in [1.165, 1.54) is 38.5 Å². The average Bonchev–Trinajstić information content (AvgIpc) is 2.08. The van der Waals surface area contributed by atoms with Crippen LogP contribution in [0.1, 0.15) is 58.3 Å². The van der Waals surface area contributed by atoms with Crippen molar-refractivity contribution in [1.82, 2.24) is 0 Å². The van der Waals surface area contributed by atoms with Crippen molar-refractivity contribution >= 4 is 0 Å². The summed E-state index contributed by atoms with van der Waals surface area (Å²) < 4.78 is 20.9. The van der Waals surface area contributed by atoms with Crippen LogP contribution in [-0.2, 0) is 0 Å². The molecule has 0 aliphatic carbocycles. The Morgan fingerprint density at radius 3 is 2.00 bits per heavy atom. The third kappa shape index (κ3) is 9.96. The highest BCUT2D eigenvalue weighted by Gasteiger charge is 1.89. The Bertz CT molecular complexity index is 123. The lowest BCUT2D eigenvalue weighted by atomic mass is 10.1. The molecule has 0 heterocycles. The fourth-order valence-corrected chi connectivity index (χ4v) is 1.25. The number of hydrogen-bond acceptors (Lipinski definition) is 0. The predicted molar refractivity (Wildman–Crippen MR) is 50.4 cm³/mol. The van der Waals surface area contributed by atoms with E-state index in [4.69, 9.17) is 4.24 Å². The molecule has 0 aromatic rings. The number of unbranched alkanes of at least 4 members (excludes halogenated alkanes) is 7. The topological polar surface area (TPSA) is 27.6 Å². The largest absolute Gasteiger partial charge is 0.358 e. The summed E-state index contributed by atoms with van der Waals surface area (Å²) in [5.74, 6) is 0. The monoisotopic (exact) mass is 161 g/mol. The Balaban J connectivity index is 2.99. The van der Waals surface area contributed by atoms with E-state index < -0.39 is 5.71 Å². The zero-order valence-corrected chi connectivity index (χ0v) is 7.81. The summed E-state index contributed by atoms with van der Waals surface area (Å²) in [6, 6.07) is 0. The predicted octanol–water partition coefficient (Wildman–Crippen LogP) is 2.37. The van der Waals surface area contributed by atoms with Crippen molar-refractivity contribution in [3.05, 3.63) is 0 Å². The van der Waals surface area contributed by atoms with Gasteiger partial charge < -0.3 is 5.71 Å². The van der Waals surface area contributed by atoms with Gasteiger partial charge in [-0.25, -0.2) is 0 Å². The van der Waals surface area contributed by atoms with Crippen molar-refractivity contribution < 1.29 is 9.95 Å². The summed E-state index contributed by atoms with van der Waals surface area (Å²) in [4.78, 5) is 0. The molecule has 0 radical (unpaired) electrons. The highest BCUT2D eigenvalue weighted by molar-refractivity contribution is 4.44. The molecule has 0 unspecified atom stereocenters. The number of hydrogen-bond donors (Lipinski definition) is 1. The van der Waals surface area contributed by atoms with Crippen LogP contribution in [0.5, 0.6) is 0 Å². The minimum Gasteiger partial charge on any atom is -0.358 e. The Labute approximate surface area is 75.8 Å². The molecule has 0 aliphatic rings. The lowest BCUT2D eigenvalue weighted by Gasteiger charge is -1.98. The first-order chi connectivity index (χ1) is 6.56. The molecule has 1 nitrogen and oxygen atoms in total. The molecule has 0 rings (SSSR count). The fraction of sp³-hybridized carbons (Fsp3) is 1.00. The van der Waals surface area contributed by atoms with Gasteiger partial charge in [-0.2, -0.15) is 0 Å². The molecular formula is C10H24N+. The van der Waals surface area contributed by atoms with E-state index in [9.17, 15) is 0 Å². The first-order valence-corrected chi connectivity index (χ1v) is 5.02. The van der Waals surface area contributed by atoms with Crippen molar-refractivity contribution in [3.63, 3.8) is 0 Å². The highest BCUT2D eigenvalue weighted by atomic mass is 14.5. The van der Waals surface area contributed by atoms with Crippen LogP contribution in [0.25, 0.3) is 0 Å². The highest BCUT2D eigenvalue weighted by Crippen LogP contribution is 2.07. The molecule has 11 heavy (non-hydrogen) atoms. The zero-order valence-electron chi connectivity index (χ0n) is 10.8. The fourth-order valence-electron chi connectivity index (χ4n) is 1.25. The van der Waals surface area contributed by atoms with Gasteiger partial charge in [-0.15, -0.1) is 0 Å². The van der Waals surface area contributed by atoms with Crippen LogP contribution in [-0.4, -0.2) is 6.54 Å². The van der Waals surface area contributed by atoms with Crippen molar-refractivity contribution in [2.24, 2.45) is 0 Å². The lowest BCUT2D eigenvalue weighted by molar-refractivity contribution is -0.368. The molecule has 0 aromatic carbocycles. The average molecular weight is 161 g/mol. The second kappa shape index (κ2) is 9.96. The van der Waals surface area contributed by atoms with E-state index >= 15 is 0 Å². The maximum atomic E-state index is 6.97. The van der Waals surface area contributed by atoms with Crippen LogP contribution < -0.4 is 5.71 Å². The summed E-state index contributed by atoms with van der Waals surface area (Å²) in [7, 11) is 0. The normalized spacial score (nSPS) is 15.5. The van der Waals surface area contributed by atoms with E-state index in [0.717, 1.165) is 12.8 Å². The molecule has 0 aliphatic heterocycles. The Hall–Kier alpha value is -0.0400. The number of quaternary nitrogens is 1. The van der Waals surface area contributed by atoms with Gasteiger partial charge in [0.05, 0.1) is 6.54 Å². The van der Waals surface area contributed by atoms with Crippen LogP contribution in [0.2, 0.25) is 4.24 Å². The molecule has 1 heteroatoms. The van der Waals surface area contributed by atoms with Crippen LogP contribution in [0.4, 0.5) is 0 Å². The molecule has 0 bridgehead atoms. The molecule has 0 aromatic heterocycles. The smallest absolute Gasteiger partial charge is 0.344 e. The zero-order chi connectivity index (χ0) is 10.9. The standard InChI is InChI=1S/C10H23N/c1-2-3-4-5-6-7-8-9-10-11/h2-11H2,1H3/p+1/i/hD3. The maximum Gasteiger partial charge on any atom is 0.344 e. The van der Waals surface area contributed by atoms with E-state index in [2.05, 4.69) is 6.92 Å². The SMILES string of the molecule is [2H][N+]([2H])([2H])CCCCCCCCCC. The summed E-state index contributed by atoms with van der Waals surface area (Å²) in [5.41, 5.74) is -1.13. The third-order valence-corrected chi connectivity index (χ3v) is 2.01. The van der Waals surface area contributed by atoms with Crippen LogP contribution in [0, 0.1) is 0 Å². The summed E-state index contributed by atoms with van der Waals surface area (Å²) >= 11 is 0. The molecule has 3 N–H and O–H groups in total. The van der Waals surface area contributed by atoms with Crippen molar-refractivity contribution in [1.29, 1.82) is 0 Å². The van der Waals surface area contributed by atoms with Crippen molar-refractivity contribution in [3.8, 4) is 0 Å². The van der Waals surface area contributed by atoms with Gasteiger partial charge in [0.2, 0.25) is 0 Å². The quantitative estimate of drug-likeness (QED) is 0.503. The first kappa shape index (κ1) is 6.47.